The lowest BCUT2D eigenvalue weighted by molar-refractivity contribution is 0.0781. The van der Waals surface area contributed by atoms with Gasteiger partial charge in [0.05, 0.1) is 11.0 Å². The van der Waals surface area contributed by atoms with Crippen molar-refractivity contribution in [3.05, 3.63) is 79.1 Å². The molecule has 0 atom stereocenters. The maximum atomic E-state index is 12.3. The van der Waals surface area contributed by atoms with Crippen molar-refractivity contribution >= 4 is 5.78 Å². The first kappa shape index (κ1) is 12.9. The van der Waals surface area contributed by atoms with Crippen LogP contribution in [-0.2, 0) is 6.42 Å². The SMILES string of the molecule is [CH2]C1([CH2])COc2ccc(Cc3ccccc3)cc2C1=O. The maximum Gasteiger partial charge on any atom is 0.176 e. The molecule has 0 saturated heterocycles. The lowest BCUT2D eigenvalue weighted by Crippen LogP contribution is -2.36. The highest BCUT2D eigenvalue weighted by Gasteiger charge is 2.36. The van der Waals surface area contributed by atoms with Crippen molar-refractivity contribution in [3.8, 4) is 5.75 Å². The molecule has 0 spiro atoms. The van der Waals surface area contributed by atoms with Crippen molar-refractivity contribution in [1.29, 1.82) is 0 Å². The third kappa shape index (κ3) is 2.34. The number of rotatable bonds is 2. The molecular formula is C18H16O2. The van der Waals surface area contributed by atoms with Gasteiger partial charge in [-0.15, -0.1) is 0 Å². The molecule has 0 saturated carbocycles. The third-order valence-corrected chi connectivity index (χ3v) is 3.53. The molecule has 0 aliphatic carbocycles. The van der Waals surface area contributed by atoms with Crippen molar-refractivity contribution in [2.75, 3.05) is 6.61 Å². The molecule has 2 aromatic rings. The Labute approximate surface area is 119 Å². The highest BCUT2D eigenvalue weighted by Crippen LogP contribution is 2.34. The van der Waals surface area contributed by atoms with Crippen molar-refractivity contribution in [3.63, 3.8) is 0 Å². The first-order valence-corrected chi connectivity index (χ1v) is 6.61. The highest BCUT2D eigenvalue weighted by atomic mass is 16.5. The Morgan fingerprint density at radius 3 is 2.55 bits per heavy atom. The average Bonchev–Trinajstić information content (AvgIpc) is 2.45. The monoisotopic (exact) mass is 264 g/mol. The predicted octanol–water partition coefficient (Wildman–Crippen LogP) is 3.51. The molecule has 2 heteroatoms. The Bertz CT molecular complexity index is 642. The summed E-state index contributed by atoms with van der Waals surface area (Å²) in [6, 6.07) is 15.9. The summed E-state index contributed by atoms with van der Waals surface area (Å²) in [4.78, 5) is 12.3. The van der Waals surface area contributed by atoms with Crippen molar-refractivity contribution in [2.24, 2.45) is 5.41 Å². The Hall–Kier alpha value is -2.09. The van der Waals surface area contributed by atoms with Crippen LogP contribution in [0.2, 0.25) is 0 Å². The van der Waals surface area contributed by atoms with Crippen LogP contribution in [0.5, 0.6) is 5.75 Å². The van der Waals surface area contributed by atoms with Crippen LogP contribution in [-0.4, -0.2) is 12.4 Å². The van der Waals surface area contributed by atoms with E-state index in [9.17, 15) is 4.79 Å². The van der Waals surface area contributed by atoms with Crippen LogP contribution in [0.15, 0.2) is 48.5 Å². The zero-order chi connectivity index (χ0) is 14.2. The summed E-state index contributed by atoms with van der Waals surface area (Å²) < 4.78 is 5.57. The van der Waals surface area contributed by atoms with E-state index in [2.05, 4.69) is 26.0 Å². The molecule has 0 unspecified atom stereocenters. The summed E-state index contributed by atoms with van der Waals surface area (Å²) >= 11 is 0. The van der Waals surface area contributed by atoms with Gasteiger partial charge < -0.3 is 4.74 Å². The van der Waals surface area contributed by atoms with Crippen LogP contribution >= 0.6 is 0 Å². The molecule has 0 bridgehead atoms. The van der Waals surface area contributed by atoms with E-state index >= 15 is 0 Å². The van der Waals surface area contributed by atoms with Gasteiger partial charge in [-0.05, 0) is 43.5 Å². The lowest BCUT2D eigenvalue weighted by atomic mass is 9.82. The number of carbonyl (C=O) groups is 1. The number of hydrogen-bond acceptors (Lipinski definition) is 2. The number of ether oxygens (including phenoxy) is 1. The number of fused-ring (bicyclic) bond motifs is 1. The molecule has 2 radical (unpaired) electrons. The van der Waals surface area contributed by atoms with Crippen molar-refractivity contribution < 1.29 is 9.53 Å². The molecule has 20 heavy (non-hydrogen) atoms. The van der Waals surface area contributed by atoms with Gasteiger partial charge in [0, 0.05) is 0 Å². The summed E-state index contributed by atoms with van der Waals surface area (Å²) in [5, 5.41) is 0. The van der Waals surface area contributed by atoms with Gasteiger partial charge in [-0.3, -0.25) is 4.79 Å². The second kappa shape index (κ2) is 4.78. The van der Waals surface area contributed by atoms with E-state index in [-0.39, 0.29) is 12.4 Å². The van der Waals surface area contributed by atoms with Crippen LogP contribution in [0.25, 0.3) is 0 Å². The minimum absolute atomic E-state index is 0.0475. The molecule has 0 N–H and O–H groups in total. The molecule has 3 rings (SSSR count). The van der Waals surface area contributed by atoms with Gasteiger partial charge in [-0.25, -0.2) is 0 Å². The van der Waals surface area contributed by atoms with Crippen LogP contribution in [0, 0.1) is 19.3 Å². The van der Waals surface area contributed by atoms with E-state index in [1.807, 2.05) is 36.4 Å². The Morgan fingerprint density at radius 2 is 1.80 bits per heavy atom. The zero-order valence-electron chi connectivity index (χ0n) is 11.3. The highest BCUT2D eigenvalue weighted by molar-refractivity contribution is 6.04. The second-order valence-electron chi connectivity index (χ2n) is 5.39. The van der Waals surface area contributed by atoms with Gasteiger partial charge >= 0.3 is 0 Å². The summed E-state index contributed by atoms with van der Waals surface area (Å²) in [6.07, 6.45) is 0.794. The Kier molecular flexibility index (Phi) is 3.09. The molecule has 2 nitrogen and oxygen atoms in total. The van der Waals surface area contributed by atoms with Crippen LogP contribution in [0.4, 0.5) is 0 Å². The van der Waals surface area contributed by atoms with E-state index in [1.54, 1.807) is 0 Å². The third-order valence-electron chi connectivity index (χ3n) is 3.53. The molecule has 0 amide bonds. The van der Waals surface area contributed by atoms with Crippen molar-refractivity contribution in [2.45, 2.75) is 6.42 Å². The molecular weight excluding hydrogens is 248 g/mol. The predicted molar refractivity (Wildman–Crippen MR) is 78.7 cm³/mol. The van der Waals surface area contributed by atoms with Crippen molar-refractivity contribution in [1.82, 2.24) is 0 Å². The standard InChI is InChI=1S/C18H16O2/c1-18(2)12-20-16-9-8-14(11-15(16)17(18)19)10-13-6-4-3-5-7-13/h3-9,11H,1-2,10,12H2. The quantitative estimate of drug-likeness (QED) is 0.829. The summed E-state index contributed by atoms with van der Waals surface area (Å²) in [5.41, 5.74) is 1.96. The van der Waals surface area contributed by atoms with Gasteiger partial charge in [-0.1, -0.05) is 36.4 Å². The summed E-state index contributed by atoms with van der Waals surface area (Å²) in [5.74, 6) is 0.586. The molecule has 100 valence electrons. The van der Waals surface area contributed by atoms with Crippen LogP contribution in [0.1, 0.15) is 21.5 Å². The minimum Gasteiger partial charge on any atom is -0.492 e. The van der Waals surface area contributed by atoms with Gasteiger partial charge in [0.15, 0.2) is 5.78 Å². The van der Waals surface area contributed by atoms with E-state index in [1.165, 1.54) is 5.56 Å². The van der Waals surface area contributed by atoms with Gasteiger partial charge in [0.25, 0.3) is 0 Å². The fourth-order valence-corrected chi connectivity index (χ4v) is 2.39. The zero-order valence-corrected chi connectivity index (χ0v) is 11.3. The molecule has 0 fully saturated rings. The molecule has 1 aliphatic rings. The second-order valence-corrected chi connectivity index (χ2v) is 5.39. The normalized spacial score (nSPS) is 16.4. The molecule has 0 aromatic heterocycles. The largest absolute Gasteiger partial charge is 0.492 e. The average molecular weight is 264 g/mol. The first-order chi connectivity index (χ1) is 9.56. The Morgan fingerprint density at radius 1 is 1.05 bits per heavy atom. The van der Waals surface area contributed by atoms with E-state index in [0.717, 1.165) is 12.0 Å². The lowest BCUT2D eigenvalue weighted by Gasteiger charge is -2.29. The van der Waals surface area contributed by atoms with Gasteiger partial charge in [0.1, 0.15) is 12.4 Å². The number of Topliss-reactive ketones (excluding diaryl/α,β-unsaturated/α-hetero) is 1. The van der Waals surface area contributed by atoms with Crippen LogP contribution < -0.4 is 4.74 Å². The summed E-state index contributed by atoms with van der Waals surface area (Å²) in [6.45, 7) is 7.91. The summed E-state index contributed by atoms with van der Waals surface area (Å²) in [7, 11) is 0. The number of hydrogen-bond donors (Lipinski definition) is 0. The fourth-order valence-electron chi connectivity index (χ4n) is 2.39. The van der Waals surface area contributed by atoms with E-state index in [0.29, 0.717) is 11.3 Å². The first-order valence-electron chi connectivity index (χ1n) is 6.61. The maximum absolute atomic E-state index is 12.3. The minimum atomic E-state index is -0.932. The van der Waals surface area contributed by atoms with E-state index in [4.69, 9.17) is 4.74 Å². The van der Waals surface area contributed by atoms with Crippen LogP contribution in [0.3, 0.4) is 0 Å². The smallest absolute Gasteiger partial charge is 0.176 e. The number of benzene rings is 2. The number of carbonyl (C=O) groups excluding carboxylic acids is 1. The molecule has 1 aliphatic heterocycles. The Balaban J connectivity index is 1.93. The molecule has 2 aromatic carbocycles. The molecule has 1 heterocycles. The number of ketones is 1. The topological polar surface area (TPSA) is 26.3 Å². The van der Waals surface area contributed by atoms with E-state index < -0.39 is 5.41 Å². The fraction of sp³-hybridized carbons (Fsp3) is 0.167. The van der Waals surface area contributed by atoms with Gasteiger partial charge in [-0.2, -0.15) is 0 Å². The van der Waals surface area contributed by atoms with Gasteiger partial charge in [0.2, 0.25) is 0 Å².